The number of phenolic OH excluding ortho intramolecular Hbond substituents is 1. The Kier molecular flexibility index (Phi) is 3.25. The van der Waals surface area contributed by atoms with Crippen LogP contribution in [-0.2, 0) is 6.54 Å². The van der Waals surface area contributed by atoms with Crippen LogP contribution in [0, 0.1) is 0 Å². The lowest BCUT2D eigenvalue weighted by atomic mass is 10.1. The minimum atomic E-state index is -0.315. The minimum Gasteiger partial charge on any atom is -0.508 e. The van der Waals surface area contributed by atoms with Gasteiger partial charge in [-0.15, -0.1) is 0 Å². The van der Waals surface area contributed by atoms with Crippen molar-refractivity contribution in [3.63, 3.8) is 0 Å². The minimum absolute atomic E-state index is 0.205. The van der Waals surface area contributed by atoms with Crippen molar-refractivity contribution in [2.45, 2.75) is 25.8 Å². The highest BCUT2D eigenvalue weighted by Gasteiger charge is 2.16. The van der Waals surface area contributed by atoms with Gasteiger partial charge in [0.1, 0.15) is 17.9 Å². The number of piperidine rings is 1. The van der Waals surface area contributed by atoms with Crippen LogP contribution < -0.4 is 10.5 Å². The molecule has 1 saturated heterocycles. The molecule has 1 aromatic heterocycles. The quantitative estimate of drug-likeness (QED) is 0.794. The molecule has 1 fully saturated rings. The van der Waals surface area contributed by atoms with Crippen molar-refractivity contribution in [3.8, 4) is 5.75 Å². The lowest BCUT2D eigenvalue weighted by Gasteiger charge is -2.23. The second-order valence-corrected chi connectivity index (χ2v) is 5.26. The van der Waals surface area contributed by atoms with Crippen molar-refractivity contribution in [2.75, 3.05) is 13.1 Å². The Hall–Kier alpha value is -1.81. The summed E-state index contributed by atoms with van der Waals surface area (Å²) in [5.74, 6) is 0.205. The van der Waals surface area contributed by atoms with Gasteiger partial charge in [-0.05, 0) is 37.5 Å². The number of fused-ring (bicyclic) bond motifs is 1. The van der Waals surface area contributed by atoms with Gasteiger partial charge in [0.25, 0.3) is 0 Å². The molecule has 0 amide bonds. The van der Waals surface area contributed by atoms with E-state index in [1.165, 1.54) is 24.2 Å². The van der Waals surface area contributed by atoms with Crippen molar-refractivity contribution in [2.24, 2.45) is 0 Å². The van der Waals surface area contributed by atoms with Crippen LogP contribution in [0.4, 0.5) is 0 Å². The summed E-state index contributed by atoms with van der Waals surface area (Å²) >= 11 is 0. The van der Waals surface area contributed by atoms with E-state index in [-0.39, 0.29) is 11.4 Å². The Labute approximate surface area is 111 Å². The van der Waals surface area contributed by atoms with Crippen LogP contribution in [0.25, 0.3) is 11.0 Å². The normalized spacial score (nSPS) is 16.8. The maximum atomic E-state index is 11.6. The maximum Gasteiger partial charge on any atom is 0.336 e. The fourth-order valence-corrected chi connectivity index (χ4v) is 2.86. The molecule has 1 aliphatic heterocycles. The van der Waals surface area contributed by atoms with Gasteiger partial charge in [0, 0.05) is 17.0 Å². The second-order valence-electron chi connectivity index (χ2n) is 5.26. The van der Waals surface area contributed by atoms with Crippen molar-refractivity contribution < 1.29 is 14.4 Å². The third kappa shape index (κ3) is 2.63. The number of rotatable bonds is 2. The molecule has 0 unspecified atom stereocenters. The average molecular weight is 260 g/mol. The molecule has 0 radical (unpaired) electrons. The van der Waals surface area contributed by atoms with E-state index in [1.54, 1.807) is 24.3 Å². The van der Waals surface area contributed by atoms with Gasteiger partial charge in [-0.3, -0.25) is 0 Å². The SMILES string of the molecule is O=c1cc(C[NH+]2CCCCC2)c2cc(O)ccc2o1. The molecule has 2 aromatic rings. The molecule has 0 spiro atoms. The Morgan fingerprint density at radius 1 is 1.16 bits per heavy atom. The zero-order valence-corrected chi connectivity index (χ0v) is 10.8. The number of hydrogen-bond donors (Lipinski definition) is 2. The molecule has 0 bridgehead atoms. The molecule has 100 valence electrons. The molecule has 19 heavy (non-hydrogen) atoms. The summed E-state index contributed by atoms with van der Waals surface area (Å²) in [6.45, 7) is 3.13. The Morgan fingerprint density at radius 3 is 2.74 bits per heavy atom. The van der Waals surface area contributed by atoms with Crippen LogP contribution in [-0.4, -0.2) is 18.2 Å². The molecule has 0 aliphatic carbocycles. The predicted molar refractivity (Wildman–Crippen MR) is 72.4 cm³/mol. The van der Waals surface area contributed by atoms with E-state index in [0.29, 0.717) is 5.58 Å². The highest BCUT2D eigenvalue weighted by Crippen LogP contribution is 2.21. The van der Waals surface area contributed by atoms with Crippen LogP contribution in [0.15, 0.2) is 33.5 Å². The molecular formula is C15H18NO3+. The first-order valence-corrected chi connectivity index (χ1v) is 6.82. The first kappa shape index (κ1) is 12.2. The molecule has 4 nitrogen and oxygen atoms in total. The Morgan fingerprint density at radius 2 is 1.95 bits per heavy atom. The average Bonchev–Trinajstić information content (AvgIpc) is 2.41. The lowest BCUT2D eigenvalue weighted by molar-refractivity contribution is -0.918. The first-order chi connectivity index (χ1) is 9.22. The van der Waals surface area contributed by atoms with E-state index in [4.69, 9.17) is 4.42 Å². The largest absolute Gasteiger partial charge is 0.508 e. The third-order valence-corrected chi connectivity index (χ3v) is 3.81. The van der Waals surface area contributed by atoms with E-state index in [0.717, 1.165) is 30.6 Å². The lowest BCUT2D eigenvalue weighted by Crippen LogP contribution is -3.11. The standard InChI is InChI=1S/C15H17NO3/c17-12-4-5-14-13(9-12)11(8-15(18)19-14)10-16-6-2-1-3-7-16/h4-5,8-9,17H,1-3,6-7,10H2/p+1. The number of nitrogens with one attached hydrogen (secondary N) is 1. The molecule has 1 aromatic carbocycles. The Balaban J connectivity index is 2.00. The van der Waals surface area contributed by atoms with Crippen LogP contribution in [0.2, 0.25) is 0 Å². The topological polar surface area (TPSA) is 54.9 Å². The molecule has 4 heteroatoms. The molecule has 1 aliphatic rings. The van der Waals surface area contributed by atoms with Crippen molar-refractivity contribution in [1.29, 1.82) is 0 Å². The van der Waals surface area contributed by atoms with Crippen LogP contribution in [0.3, 0.4) is 0 Å². The summed E-state index contributed by atoms with van der Waals surface area (Å²) in [6.07, 6.45) is 3.81. The van der Waals surface area contributed by atoms with Crippen LogP contribution in [0.1, 0.15) is 24.8 Å². The summed E-state index contributed by atoms with van der Waals surface area (Å²) < 4.78 is 5.17. The van der Waals surface area contributed by atoms with Crippen LogP contribution in [0.5, 0.6) is 5.75 Å². The maximum absolute atomic E-state index is 11.6. The fraction of sp³-hybridized carbons (Fsp3) is 0.400. The zero-order chi connectivity index (χ0) is 13.2. The van der Waals surface area contributed by atoms with Gasteiger partial charge in [-0.2, -0.15) is 0 Å². The summed E-state index contributed by atoms with van der Waals surface area (Å²) in [7, 11) is 0. The first-order valence-electron chi connectivity index (χ1n) is 6.82. The van der Waals surface area contributed by atoms with E-state index >= 15 is 0 Å². The molecule has 3 rings (SSSR count). The van der Waals surface area contributed by atoms with E-state index in [2.05, 4.69) is 0 Å². The van der Waals surface area contributed by atoms with E-state index < -0.39 is 0 Å². The van der Waals surface area contributed by atoms with Gasteiger partial charge in [-0.25, -0.2) is 4.79 Å². The smallest absolute Gasteiger partial charge is 0.336 e. The summed E-state index contributed by atoms with van der Waals surface area (Å²) in [5, 5.41) is 10.4. The number of likely N-dealkylation sites (tertiary alicyclic amines) is 1. The number of phenols is 1. The fourth-order valence-electron chi connectivity index (χ4n) is 2.86. The van der Waals surface area contributed by atoms with Gasteiger partial charge < -0.3 is 14.4 Å². The van der Waals surface area contributed by atoms with E-state index in [1.807, 2.05) is 0 Å². The molecule has 2 N–H and O–H groups in total. The zero-order valence-electron chi connectivity index (χ0n) is 10.8. The molecule has 0 saturated carbocycles. The predicted octanol–water partition coefficient (Wildman–Crippen LogP) is 1.07. The van der Waals surface area contributed by atoms with Crippen molar-refractivity contribution in [1.82, 2.24) is 0 Å². The summed E-state index contributed by atoms with van der Waals surface area (Å²) in [4.78, 5) is 13.1. The summed E-state index contributed by atoms with van der Waals surface area (Å²) in [6, 6.07) is 6.43. The van der Waals surface area contributed by atoms with Crippen molar-refractivity contribution >= 4 is 11.0 Å². The number of aromatic hydroxyl groups is 1. The monoisotopic (exact) mass is 260 g/mol. The van der Waals surface area contributed by atoms with Gasteiger partial charge in [0.15, 0.2) is 0 Å². The van der Waals surface area contributed by atoms with Gasteiger partial charge in [-0.1, -0.05) is 0 Å². The summed E-state index contributed by atoms with van der Waals surface area (Å²) in [5.41, 5.74) is 1.21. The van der Waals surface area contributed by atoms with E-state index in [9.17, 15) is 9.90 Å². The Bertz CT molecular complexity index is 641. The second kappa shape index (κ2) is 5.05. The molecule has 0 atom stereocenters. The number of quaternary nitrogens is 1. The molecular weight excluding hydrogens is 242 g/mol. The highest BCUT2D eigenvalue weighted by atomic mass is 16.4. The van der Waals surface area contributed by atoms with Gasteiger partial charge in [0.2, 0.25) is 0 Å². The number of hydrogen-bond acceptors (Lipinski definition) is 3. The highest BCUT2D eigenvalue weighted by molar-refractivity contribution is 5.81. The van der Waals surface area contributed by atoms with Gasteiger partial charge in [0.05, 0.1) is 13.1 Å². The van der Waals surface area contributed by atoms with Gasteiger partial charge >= 0.3 is 5.63 Å². The third-order valence-electron chi connectivity index (χ3n) is 3.81. The van der Waals surface area contributed by atoms with Crippen LogP contribution >= 0.6 is 0 Å². The number of benzene rings is 1. The van der Waals surface area contributed by atoms with Crippen molar-refractivity contribution in [3.05, 3.63) is 40.2 Å². The molecule has 2 heterocycles.